The van der Waals surface area contributed by atoms with Crippen LogP contribution in [0.1, 0.15) is 18.9 Å². The topological polar surface area (TPSA) is 24.5 Å². The molecule has 0 saturated carbocycles. The standard InChI is InChI=1S/C16H27FN2OS/c1-13(7-10-21-4)19(2)16-6-5-15(17)11-14(16)12-18-8-9-20-3/h5-6,11,13,18H,7-10,12H2,1-4H3. The van der Waals surface area contributed by atoms with Gasteiger partial charge in [-0.1, -0.05) is 0 Å². The molecular weight excluding hydrogens is 287 g/mol. The molecule has 0 saturated heterocycles. The predicted octanol–water partition coefficient (Wildman–Crippen LogP) is 3.14. The first-order chi connectivity index (χ1) is 10.1. The highest BCUT2D eigenvalue weighted by molar-refractivity contribution is 7.98. The van der Waals surface area contributed by atoms with E-state index in [0.29, 0.717) is 19.2 Å². The van der Waals surface area contributed by atoms with Crippen molar-refractivity contribution in [3.05, 3.63) is 29.6 Å². The van der Waals surface area contributed by atoms with Crippen molar-refractivity contribution in [1.82, 2.24) is 5.32 Å². The third-order valence-corrected chi connectivity index (χ3v) is 4.26. The molecule has 0 aliphatic carbocycles. The second kappa shape index (κ2) is 10.0. The first-order valence-corrected chi connectivity index (χ1v) is 8.69. The van der Waals surface area contributed by atoms with Crippen molar-refractivity contribution in [2.75, 3.05) is 44.2 Å². The number of ether oxygens (including phenoxy) is 1. The van der Waals surface area contributed by atoms with Gasteiger partial charge in [0.05, 0.1) is 6.61 Å². The van der Waals surface area contributed by atoms with E-state index >= 15 is 0 Å². The van der Waals surface area contributed by atoms with Crippen LogP contribution in [-0.4, -0.2) is 45.4 Å². The van der Waals surface area contributed by atoms with Gasteiger partial charge in [0.2, 0.25) is 0 Å². The maximum Gasteiger partial charge on any atom is 0.123 e. The fourth-order valence-electron chi connectivity index (χ4n) is 2.16. The van der Waals surface area contributed by atoms with Gasteiger partial charge in [-0.2, -0.15) is 11.8 Å². The number of halogens is 1. The molecule has 0 bridgehead atoms. The molecule has 5 heteroatoms. The Morgan fingerprint density at radius 3 is 2.86 bits per heavy atom. The number of thioether (sulfide) groups is 1. The van der Waals surface area contributed by atoms with Crippen LogP contribution < -0.4 is 10.2 Å². The average molecular weight is 314 g/mol. The van der Waals surface area contributed by atoms with E-state index in [0.717, 1.165) is 30.0 Å². The highest BCUT2D eigenvalue weighted by Crippen LogP contribution is 2.23. The molecule has 120 valence electrons. The summed E-state index contributed by atoms with van der Waals surface area (Å²) in [5.74, 6) is 0.946. The molecule has 1 rings (SSSR count). The number of nitrogens with one attached hydrogen (secondary N) is 1. The highest BCUT2D eigenvalue weighted by atomic mass is 32.2. The van der Waals surface area contributed by atoms with Crippen LogP contribution in [0, 0.1) is 5.82 Å². The molecule has 0 spiro atoms. The zero-order valence-electron chi connectivity index (χ0n) is 13.5. The van der Waals surface area contributed by atoms with Crippen LogP contribution in [0.5, 0.6) is 0 Å². The number of hydrogen-bond acceptors (Lipinski definition) is 4. The molecule has 0 aliphatic rings. The summed E-state index contributed by atoms with van der Waals surface area (Å²) in [5, 5.41) is 3.28. The van der Waals surface area contributed by atoms with Crippen LogP contribution in [0.4, 0.5) is 10.1 Å². The quantitative estimate of drug-likeness (QED) is 0.671. The lowest BCUT2D eigenvalue weighted by Gasteiger charge is -2.29. The van der Waals surface area contributed by atoms with E-state index in [9.17, 15) is 4.39 Å². The first kappa shape index (κ1) is 18.3. The fraction of sp³-hybridized carbons (Fsp3) is 0.625. The molecule has 21 heavy (non-hydrogen) atoms. The Labute approximate surface area is 132 Å². The summed E-state index contributed by atoms with van der Waals surface area (Å²) in [6.45, 7) is 4.28. The van der Waals surface area contributed by atoms with Crippen LogP contribution in [0.25, 0.3) is 0 Å². The van der Waals surface area contributed by atoms with E-state index in [1.54, 1.807) is 13.2 Å². The van der Waals surface area contributed by atoms with Gasteiger partial charge in [-0.15, -0.1) is 0 Å². The van der Waals surface area contributed by atoms with Crippen molar-refractivity contribution >= 4 is 17.4 Å². The number of nitrogens with zero attached hydrogens (tertiary/aromatic N) is 1. The number of benzene rings is 1. The number of anilines is 1. The Morgan fingerprint density at radius 2 is 2.19 bits per heavy atom. The van der Waals surface area contributed by atoms with Gasteiger partial charge in [0.15, 0.2) is 0 Å². The van der Waals surface area contributed by atoms with Crippen LogP contribution in [0.15, 0.2) is 18.2 Å². The second-order valence-electron chi connectivity index (χ2n) is 5.18. The van der Waals surface area contributed by atoms with Crippen molar-refractivity contribution in [3.63, 3.8) is 0 Å². The van der Waals surface area contributed by atoms with E-state index in [1.165, 1.54) is 6.07 Å². The Morgan fingerprint density at radius 1 is 1.43 bits per heavy atom. The smallest absolute Gasteiger partial charge is 0.123 e. The molecule has 0 amide bonds. The monoisotopic (exact) mass is 314 g/mol. The minimum atomic E-state index is -0.188. The Balaban J connectivity index is 2.74. The lowest BCUT2D eigenvalue weighted by molar-refractivity contribution is 0.199. The van der Waals surface area contributed by atoms with Crippen molar-refractivity contribution in [1.29, 1.82) is 0 Å². The van der Waals surface area contributed by atoms with Crippen LogP contribution >= 0.6 is 11.8 Å². The van der Waals surface area contributed by atoms with Crippen molar-refractivity contribution in [3.8, 4) is 0 Å². The van der Waals surface area contributed by atoms with Gasteiger partial charge < -0.3 is 15.0 Å². The summed E-state index contributed by atoms with van der Waals surface area (Å²) in [4.78, 5) is 2.24. The molecule has 1 unspecified atom stereocenters. The number of hydrogen-bond donors (Lipinski definition) is 1. The van der Waals surface area contributed by atoms with Gasteiger partial charge in [-0.25, -0.2) is 4.39 Å². The van der Waals surface area contributed by atoms with E-state index in [-0.39, 0.29) is 5.82 Å². The summed E-state index contributed by atoms with van der Waals surface area (Å²) in [6.07, 6.45) is 3.24. The molecule has 1 atom stereocenters. The highest BCUT2D eigenvalue weighted by Gasteiger charge is 2.14. The van der Waals surface area contributed by atoms with Gasteiger partial charge in [-0.05, 0) is 49.1 Å². The molecular formula is C16H27FN2OS. The predicted molar refractivity (Wildman–Crippen MR) is 90.8 cm³/mol. The molecule has 1 aromatic carbocycles. The number of rotatable bonds is 10. The van der Waals surface area contributed by atoms with Gasteiger partial charge >= 0.3 is 0 Å². The van der Waals surface area contributed by atoms with Crippen molar-refractivity contribution < 1.29 is 9.13 Å². The molecule has 0 aromatic heterocycles. The van der Waals surface area contributed by atoms with Crippen LogP contribution in [-0.2, 0) is 11.3 Å². The summed E-state index contributed by atoms with van der Waals surface area (Å²) in [6, 6.07) is 5.46. The Bertz CT molecular complexity index is 417. The molecule has 1 aromatic rings. The van der Waals surface area contributed by atoms with Gasteiger partial charge in [-0.3, -0.25) is 0 Å². The molecule has 0 radical (unpaired) electrons. The number of methoxy groups -OCH3 is 1. The first-order valence-electron chi connectivity index (χ1n) is 7.30. The van der Waals surface area contributed by atoms with E-state index in [2.05, 4.69) is 30.4 Å². The molecule has 1 N–H and O–H groups in total. The lowest BCUT2D eigenvalue weighted by Crippen LogP contribution is -2.31. The third kappa shape index (κ3) is 6.24. The average Bonchev–Trinajstić information content (AvgIpc) is 2.48. The minimum absolute atomic E-state index is 0.188. The molecule has 3 nitrogen and oxygen atoms in total. The maximum atomic E-state index is 13.5. The lowest BCUT2D eigenvalue weighted by atomic mass is 10.1. The summed E-state index contributed by atoms with van der Waals surface area (Å²) >= 11 is 1.86. The maximum absolute atomic E-state index is 13.5. The summed E-state index contributed by atoms with van der Waals surface area (Å²) in [5.41, 5.74) is 2.08. The van der Waals surface area contributed by atoms with E-state index in [4.69, 9.17) is 4.74 Å². The van der Waals surface area contributed by atoms with Gasteiger partial charge in [0.25, 0.3) is 0 Å². The Kier molecular flexibility index (Phi) is 8.73. The normalized spacial score (nSPS) is 12.4. The molecule has 0 heterocycles. The summed E-state index contributed by atoms with van der Waals surface area (Å²) in [7, 11) is 3.76. The van der Waals surface area contributed by atoms with E-state index in [1.807, 2.05) is 17.8 Å². The van der Waals surface area contributed by atoms with E-state index < -0.39 is 0 Å². The van der Waals surface area contributed by atoms with Gasteiger partial charge in [0, 0.05) is 39.0 Å². The van der Waals surface area contributed by atoms with Crippen LogP contribution in [0.2, 0.25) is 0 Å². The second-order valence-corrected chi connectivity index (χ2v) is 6.17. The van der Waals surface area contributed by atoms with Gasteiger partial charge in [0.1, 0.15) is 5.82 Å². The Hall–Kier alpha value is -0.780. The third-order valence-electron chi connectivity index (χ3n) is 3.62. The fourth-order valence-corrected chi connectivity index (χ4v) is 2.73. The minimum Gasteiger partial charge on any atom is -0.383 e. The van der Waals surface area contributed by atoms with Crippen molar-refractivity contribution in [2.24, 2.45) is 0 Å². The SMILES string of the molecule is COCCNCc1cc(F)ccc1N(C)C(C)CCSC. The van der Waals surface area contributed by atoms with Crippen molar-refractivity contribution in [2.45, 2.75) is 25.9 Å². The summed E-state index contributed by atoms with van der Waals surface area (Å²) < 4.78 is 18.5. The zero-order chi connectivity index (χ0) is 15.7. The zero-order valence-corrected chi connectivity index (χ0v) is 14.3. The largest absolute Gasteiger partial charge is 0.383 e. The molecule has 0 fully saturated rings. The molecule has 0 aliphatic heterocycles. The van der Waals surface area contributed by atoms with Crippen LogP contribution in [0.3, 0.4) is 0 Å².